The molecular formula is C16H19N3O2S2. The van der Waals surface area contributed by atoms with Crippen LogP contribution in [-0.2, 0) is 4.79 Å². The number of amides is 3. The maximum Gasteiger partial charge on any atom is 0.318 e. The van der Waals surface area contributed by atoms with E-state index in [4.69, 9.17) is 5.73 Å². The Kier molecular flexibility index (Phi) is 5.79. The van der Waals surface area contributed by atoms with E-state index < -0.39 is 11.3 Å². The van der Waals surface area contributed by atoms with Gasteiger partial charge in [-0.25, -0.2) is 9.78 Å². The number of hydrogen-bond donors (Lipinski definition) is 2. The van der Waals surface area contributed by atoms with Gasteiger partial charge in [-0.2, -0.15) is 0 Å². The van der Waals surface area contributed by atoms with Gasteiger partial charge in [0.25, 0.3) is 0 Å². The molecule has 0 unspecified atom stereocenters. The zero-order chi connectivity index (χ0) is 17.0. The summed E-state index contributed by atoms with van der Waals surface area (Å²) in [6.45, 7) is 5.89. The topological polar surface area (TPSA) is 85.1 Å². The molecular weight excluding hydrogens is 330 g/mol. The van der Waals surface area contributed by atoms with Gasteiger partial charge in [0, 0.05) is 10.9 Å². The van der Waals surface area contributed by atoms with Gasteiger partial charge in [0.1, 0.15) is 0 Å². The van der Waals surface area contributed by atoms with Crippen LogP contribution < -0.4 is 11.1 Å². The fourth-order valence-corrected chi connectivity index (χ4v) is 4.00. The second-order valence-electron chi connectivity index (χ2n) is 5.50. The predicted octanol–water partition coefficient (Wildman–Crippen LogP) is 3.43. The number of carbonyl (C=O) groups is 2. The molecule has 0 spiro atoms. The molecule has 3 amide bonds. The zero-order valence-corrected chi connectivity index (χ0v) is 14.8. The molecule has 1 heterocycles. The highest BCUT2D eigenvalue weighted by Gasteiger charge is 2.25. The summed E-state index contributed by atoms with van der Waals surface area (Å²) >= 11 is 2.84. The van der Waals surface area contributed by atoms with Gasteiger partial charge in [-0.05, 0) is 12.8 Å². The molecule has 2 aromatic rings. The Morgan fingerprint density at radius 2 is 1.91 bits per heavy atom. The number of rotatable bonds is 5. The maximum atomic E-state index is 12.1. The molecule has 7 heteroatoms. The van der Waals surface area contributed by atoms with Crippen LogP contribution in [0, 0.1) is 12.8 Å². The number of primary amides is 1. The van der Waals surface area contributed by atoms with Crippen LogP contribution in [0.2, 0.25) is 0 Å². The molecule has 2 rings (SSSR count). The van der Waals surface area contributed by atoms with E-state index in [1.165, 1.54) is 28.7 Å². The fourth-order valence-electron chi connectivity index (χ4n) is 1.96. The quantitative estimate of drug-likeness (QED) is 0.810. The minimum Gasteiger partial charge on any atom is -0.351 e. The summed E-state index contributed by atoms with van der Waals surface area (Å²) in [5.41, 5.74) is 8.15. The van der Waals surface area contributed by atoms with E-state index in [1.54, 1.807) is 0 Å². The lowest BCUT2D eigenvalue weighted by Gasteiger charge is -2.17. The van der Waals surface area contributed by atoms with Crippen molar-refractivity contribution in [2.24, 2.45) is 11.7 Å². The summed E-state index contributed by atoms with van der Waals surface area (Å²) in [5.74, 6) is -0.337. The Labute approximate surface area is 143 Å². The van der Waals surface area contributed by atoms with E-state index in [2.05, 4.69) is 10.3 Å². The Morgan fingerprint density at radius 3 is 2.48 bits per heavy atom. The van der Waals surface area contributed by atoms with Crippen molar-refractivity contribution in [1.82, 2.24) is 10.3 Å². The summed E-state index contributed by atoms with van der Waals surface area (Å²) in [5, 5.41) is 3.70. The summed E-state index contributed by atoms with van der Waals surface area (Å²) in [4.78, 5) is 27.5. The molecule has 3 N–H and O–H groups in total. The molecule has 1 aromatic carbocycles. The molecule has 1 atom stereocenters. The Bertz CT molecular complexity index is 696. The normalized spacial score (nSPS) is 12.2. The smallest absolute Gasteiger partial charge is 0.318 e. The van der Waals surface area contributed by atoms with Crippen LogP contribution in [0.1, 0.15) is 19.4 Å². The Hall–Kier alpha value is -1.86. The highest BCUT2D eigenvalue weighted by molar-refractivity contribution is 8.02. The van der Waals surface area contributed by atoms with Gasteiger partial charge in [0.05, 0.1) is 10.9 Å². The second-order valence-corrected chi connectivity index (χ2v) is 7.75. The van der Waals surface area contributed by atoms with E-state index in [9.17, 15) is 9.59 Å². The van der Waals surface area contributed by atoms with Gasteiger partial charge in [-0.15, -0.1) is 11.3 Å². The number of nitrogens with zero attached hydrogens (tertiary/aromatic N) is 1. The molecule has 0 saturated heterocycles. The number of thiazole rings is 1. The highest BCUT2D eigenvalue weighted by Crippen LogP contribution is 2.33. The first-order chi connectivity index (χ1) is 10.9. The average molecular weight is 349 g/mol. The van der Waals surface area contributed by atoms with Crippen molar-refractivity contribution in [3.8, 4) is 11.3 Å². The number of imide groups is 1. The molecule has 23 heavy (non-hydrogen) atoms. The second kappa shape index (κ2) is 7.61. The van der Waals surface area contributed by atoms with Crippen LogP contribution in [0.3, 0.4) is 0 Å². The fraction of sp³-hybridized carbons (Fsp3) is 0.312. The first-order valence-electron chi connectivity index (χ1n) is 7.16. The van der Waals surface area contributed by atoms with Gasteiger partial charge in [0.2, 0.25) is 5.91 Å². The standard InChI is InChI=1S/C16H19N3O2S2/c1-9(2)13(14(20)19-15(17)21)23-16-18-12(8-22-16)11-6-4-10(3)5-7-11/h4-9,13H,1-3H3,(H3,17,19,20,21)/t13-/m0/s1. The van der Waals surface area contributed by atoms with Crippen LogP contribution in [0.15, 0.2) is 34.0 Å². The number of carbonyl (C=O) groups excluding carboxylic acids is 2. The number of benzene rings is 1. The third-order valence-electron chi connectivity index (χ3n) is 3.17. The van der Waals surface area contributed by atoms with Crippen molar-refractivity contribution in [3.63, 3.8) is 0 Å². The third kappa shape index (κ3) is 4.80. The van der Waals surface area contributed by atoms with E-state index >= 15 is 0 Å². The van der Waals surface area contributed by atoms with Gasteiger partial charge >= 0.3 is 6.03 Å². The lowest BCUT2D eigenvalue weighted by atomic mass is 10.1. The molecule has 0 radical (unpaired) electrons. The molecule has 0 fully saturated rings. The van der Waals surface area contributed by atoms with Crippen molar-refractivity contribution in [3.05, 3.63) is 35.2 Å². The van der Waals surface area contributed by atoms with E-state index in [0.717, 1.165) is 15.6 Å². The number of nitrogens with one attached hydrogen (secondary N) is 1. The molecule has 0 saturated carbocycles. The molecule has 0 aliphatic heterocycles. The first kappa shape index (κ1) is 17.5. The highest BCUT2D eigenvalue weighted by atomic mass is 32.2. The zero-order valence-electron chi connectivity index (χ0n) is 13.2. The van der Waals surface area contributed by atoms with Crippen LogP contribution in [0.25, 0.3) is 11.3 Å². The average Bonchev–Trinajstić information content (AvgIpc) is 2.93. The first-order valence-corrected chi connectivity index (χ1v) is 8.92. The molecule has 1 aromatic heterocycles. The number of hydrogen-bond acceptors (Lipinski definition) is 5. The minimum atomic E-state index is -0.833. The van der Waals surface area contributed by atoms with Gasteiger partial charge in [-0.3, -0.25) is 10.1 Å². The SMILES string of the molecule is Cc1ccc(-c2csc(S[C@H](C(=O)NC(N)=O)C(C)C)n2)cc1. The largest absolute Gasteiger partial charge is 0.351 e. The number of nitrogens with two attached hydrogens (primary N) is 1. The van der Waals surface area contributed by atoms with Crippen LogP contribution in [-0.4, -0.2) is 22.2 Å². The monoisotopic (exact) mass is 349 g/mol. The summed E-state index contributed by atoms with van der Waals surface area (Å²) in [6, 6.07) is 7.30. The summed E-state index contributed by atoms with van der Waals surface area (Å²) in [6.07, 6.45) is 0. The third-order valence-corrected chi connectivity index (χ3v) is 5.69. The Morgan fingerprint density at radius 1 is 1.26 bits per heavy atom. The lowest BCUT2D eigenvalue weighted by molar-refractivity contribution is -0.120. The van der Waals surface area contributed by atoms with Gasteiger partial charge in [0.15, 0.2) is 4.34 Å². The predicted molar refractivity (Wildman–Crippen MR) is 94.5 cm³/mol. The summed E-state index contributed by atoms with van der Waals surface area (Å²) in [7, 11) is 0. The van der Waals surface area contributed by atoms with Crippen molar-refractivity contribution in [2.75, 3.05) is 0 Å². The number of urea groups is 1. The van der Waals surface area contributed by atoms with Crippen LogP contribution >= 0.6 is 23.1 Å². The number of aromatic nitrogens is 1. The molecule has 5 nitrogen and oxygen atoms in total. The van der Waals surface area contributed by atoms with Crippen molar-refractivity contribution < 1.29 is 9.59 Å². The van der Waals surface area contributed by atoms with Gasteiger partial charge < -0.3 is 5.73 Å². The minimum absolute atomic E-state index is 0.0473. The number of aryl methyl sites for hydroxylation is 1. The Balaban J connectivity index is 2.14. The maximum absolute atomic E-state index is 12.1. The molecule has 0 bridgehead atoms. The summed E-state index contributed by atoms with van der Waals surface area (Å²) < 4.78 is 0.791. The molecule has 0 aliphatic rings. The van der Waals surface area contributed by atoms with E-state index in [-0.39, 0.29) is 11.8 Å². The molecule has 0 aliphatic carbocycles. The van der Waals surface area contributed by atoms with Crippen LogP contribution in [0.4, 0.5) is 4.79 Å². The van der Waals surface area contributed by atoms with Crippen molar-refractivity contribution >= 4 is 35.0 Å². The van der Waals surface area contributed by atoms with Crippen molar-refractivity contribution in [2.45, 2.75) is 30.4 Å². The van der Waals surface area contributed by atoms with E-state index in [0.29, 0.717) is 0 Å². The van der Waals surface area contributed by atoms with Crippen LogP contribution in [0.5, 0.6) is 0 Å². The number of thioether (sulfide) groups is 1. The van der Waals surface area contributed by atoms with Crippen molar-refractivity contribution in [1.29, 1.82) is 0 Å². The van der Waals surface area contributed by atoms with Gasteiger partial charge in [-0.1, -0.05) is 55.4 Å². The lowest BCUT2D eigenvalue weighted by Crippen LogP contribution is -2.42. The molecule has 122 valence electrons. The van der Waals surface area contributed by atoms with E-state index in [1.807, 2.05) is 50.4 Å².